The fourth-order valence-electron chi connectivity index (χ4n) is 1.89. The van der Waals surface area contributed by atoms with Crippen molar-refractivity contribution < 1.29 is 13.6 Å². The molecule has 0 spiro atoms. The number of halogens is 1. The molecule has 2 heterocycles. The Morgan fingerprint density at radius 1 is 1.42 bits per heavy atom. The summed E-state index contributed by atoms with van der Waals surface area (Å²) in [4.78, 5) is 12.0. The van der Waals surface area contributed by atoms with Gasteiger partial charge < -0.3 is 9.73 Å². The fraction of sp³-hybridized carbons (Fsp3) is 0.0769. The number of nitrogens with zero attached hydrogens (tertiary/aromatic N) is 1. The zero-order chi connectivity index (χ0) is 13.4. The number of nitrogens with one attached hydrogen (secondary N) is 2. The number of fused-ring (bicyclic) bond motifs is 1. The van der Waals surface area contributed by atoms with E-state index in [0.29, 0.717) is 11.1 Å². The first-order valence-corrected chi connectivity index (χ1v) is 5.65. The Kier molecular flexibility index (Phi) is 2.56. The van der Waals surface area contributed by atoms with E-state index in [2.05, 4.69) is 15.5 Å². The SMILES string of the molecule is Cc1ccoc1C(=O)Nc1n[nH]c2cccc(F)c12. The van der Waals surface area contributed by atoms with E-state index >= 15 is 0 Å². The third-order valence-corrected chi connectivity index (χ3v) is 2.84. The van der Waals surface area contributed by atoms with Gasteiger partial charge in [-0.15, -0.1) is 0 Å². The number of H-pyrrole nitrogens is 1. The molecule has 6 heteroatoms. The minimum Gasteiger partial charge on any atom is -0.459 e. The lowest BCUT2D eigenvalue weighted by Crippen LogP contribution is -2.12. The van der Waals surface area contributed by atoms with Crippen LogP contribution in [0.15, 0.2) is 34.9 Å². The molecule has 0 unspecified atom stereocenters. The lowest BCUT2D eigenvalue weighted by atomic mass is 10.2. The molecular weight excluding hydrogens is 249 g/mol. The smallest absolute Gasteiger partial charge is 0.292 e. The Hall–Kier alpha value is -2.63. The van der Waals surface area contributed by atoms with Crippen LogP contribution in [-0.4, -0.2) is 16.1 Å². The standard InChI is InChI=1S/C13H10FN3O2/c1-7-5-6-19-11(7)13(18)15-12-10-8(14)3-2-4-9(10)16-17-12/h2-6H,1H3,(H2,15,16,17,18). The van der Waals surface area contributed by atoms with E-state index in [0.717, 1.165) is 0 Å². The van der Waals surface area contributed by atoms with Crippen LogP contribution in [-0.2, 0) is 0 Å². The predicted molar refractivity (Wildman–Crippen MR) is 67.4 cm³/mol. The van der Waals surface area contributed by atoms with E-state index in [4.69, 9.17) is 4.42 Å². The lowest BCUT2D eigenvalue weighted by Gasteiger charge is -2.01. The van der Waals surface area contributed by atoms with Crippen molar-refractivity contribution in [1.82, 2.24) is 10.2 Å². The largest absolute Gasteiger partial charge is 0.459 e. The van der Waals surface area contributed by atoms with Crippen LogP contribution in [0.25, 0.3) is 10.9 Å². The first-order valence-electron chi connectivity index (χ1n) is 5.65. The summed E-state index contributed by atoms with van der Waals surface area (Å²) in [6.07, 6.45) is 1.42. The van der Waals surface area contributed by atoms with Crippen molar-refractivity contribution >= 4 is 22.6 Å². The van der Waals surface area contributed by atoms with Crippen LogP contribution in [0.2, 0.25) is 0 Å². The van der Waals surface area contributed by atoms with Gasteiger partial charge in [0.25, 0.3) is 5.91 Å². The number of amides is 1. The van der Waals surface area contributed by atoms with Crippen LogP contribution in [0.1, 0.15) is 16.1 Å². The number of aryl methyl sites for hydroxylation is 1. The number of rotatable bonds is 2. The molecule has 5 nitrogen and oxygen atoms in total. The average Bonchev–Trinajstić information content (AvgIpc) is 2.97. The molecule has 3 rings (SSSR count). The summed E-state index contributed by atoms with van der Waals surface area (Å²) in [5, 5.41) is 9.34. The number of aromatic amines is 1. The van der Waals surface area contributed by atoms with Crippen LogP contribution in [0.3, 0.4) is 0 Å². The van der Waals surface area contributed by atoms with Crippen molar-refractivity contribution in [2.45, 2.75) is 6.92 Å². The number of furan rings is 1. The quantitative estimate of drug-likeness (QED) is 0.743. The number of anilines is 1. The fourth-order valence-corrected chi connectivity index (χ4v) is 1.89. The zero-order valence-electron chi connectivity index (χ0n) is 10.0. The summed E-state index contributed by atoms with van der Waals surface area (Å²) in [7, 11) is 0. The van der Waals surface area contributed by atoms with Crippen molar-refractivity contribution in [3.05, 3.63) is 47.7 Å². The Bertz CT molecular complexity index is 760. The number of hydrogen-bond acceptors (Lipinski definition) is 3. The van der Waals surface area contributed by atoms with E-state index in [1.807, 2.05) is 0 Å². The molecule has 19 heavy (non-hydrogen) atoms. The van der Waals surface area contributed by atoms with E-state index in [-0.39, 0.29) is 17.0 Å². The molecule has 2 N–H and O–H groups in total. The second kappa shape index (κ2) is 4.24. The monoisotopic (exact) mass is 259 g/mol. The zero-order valence-corrected chi connectivity index (χ0v) is 10.0. The van der Waals surface area contributed by atoms with E-state index in [1.54, 1.807) is 25.1 Å². The Morgan fingerprint density at radius 3 is 3.00 bits per heavy atom. The first-order chi connectivity index (χ1) is 9.16. The molecule has 0 bridgehead atoms. The van der Waals surface area contributed by atoms with Gasteiger partial charge in [0.05, 0.1) is 17.2 Å². The molecule has 1 aromatic carbocycles. The lowest BCUT2D eigenvalue weighted by molar-refractivity contribution is 0.0995. The van der Waals surface area contributed by atoms with Gasteiger partial charge in [0.1, 0.15) is 5.82 Å². The van der Waals surface area contributed by atoms with Crippen molar-refractivity contribution in [1.29, 1.82) is 0 Å². The molecule has 0 aliphatic carbocycles. The van der Waals surface area contributed by atoms with Gasteiger partial charge in [0.2, 0.25) is 0 Å². The topological polar surface area (TPSA) is 70.9 Å². The van der Waals surface area contributed by atoms with Crippen LogP contribution in [0.5, 0.6) is 0 Å². The summed E-state index contributed by atoms with van der Waals surface area (Å²) in [5.41, 5.74) is 1.23. The number of aromatic nitrogens is 2. The van der Waals surface area contributed by atoms with E-state index in [9.17, 15) is 9.18 Å². The molecule has 1 amide bonds. The number of carbonyl (C=O) groups is 1. The Labute approximate surface area is 107 Å². The molecule has 96 valence electrons. The Balaban J connectivity index is 1.98. The maximum Gasteiger partial charge on any atom is 0.292 e. The third kappa shape index (κ3) is 1.87. The maximum absolute atomic E-state index is 13.7. The number of carbonyl (C=O) groups excluding carboxylic acids is 1. The minimum absolute atomic E-state index is 0.147. The van der Waals surface area contributed by atoms with Crippen LogP contribution in [0.4, 0.5) is 10.2 Å². The molecular formula is C13H10FN3O2. The van der Waals surface area contributed by atoms with Gasteiger partial charge in [0, 0.05) is 5.56 Å². The summed E-state index contributed by atoms with van der Waals surface area (Å²) >= 11 is 0. The second-order valence-electron chi connectivity index (χ2n) is 4.12. The summed E-state index contributed by atoms with van der Waals surface area (Å²) in [6, 6.07) is 6.24. The molecule has 2 aromatic heterocycles. The van der Waals surface area contributed by atoms with Gasteiger partial charge in [0.15, 0.2) is 11.6 Å². The van der Waals surface area contributed by atoms with Gasteiger partial charge >= 0.3 is 0 Å². The highest BCUT2D eigenvalue weighted by Gasteiger charge is 2.17. The molecule has 0 atom stereocenters. The maximum atomic E-state index is 13.7. The van der Waals surface area contributed by atoms with Crippen molar-refractivity contribution in [3.8, 4) is 0 Å². The Morgan fingerprint density at radius 2 is 2.26 bits per heavy atom. The molecule has 0 radical (unpaired) electrons. The first kappa shape index (κ1) is 11.5. The van der Waals surface area contributed by atoms with Crippen LogP contribution in [0, 0.1) is 12.7 Å². The van der Waals surface area contributed by atoms with E-state index < -0.39 is 11.7 Å². The van der Waals surface area contributed by atoms with Crippen molar-refractivity contribution in [2.24, 2.45) is 0 Å². The highest BCUT2D eigenvalue weighted by Crippen LogP contribution is 2.24. The molecule has 3 aromatic rings. The number of hydrogen-bond donors (Lipinski definition) is 2. The van der Waals surface area contributed by atoms with Crippen molar-refractivity contribution in [2.75, 3.05) is 5.32 Å². The minimum atomic E-state index is -0.459. The van der Waals surface area contributed by atoms with Crippen LogP contribution >= 0.6 is 0 Å². The summed E-state index contributed by atoms with van der Waals surface area (Å²) in [6.45, 7) is 1.75. The van der Waals surface area contributed by atoms with E-state index in [1.165, 1.54) is 12.3 Å². The normalized spacial score (nSPS) is 10.8. The molecule has 0 aliphatic heterocycles. The predicted octanol–water partition coefficient (Wildman–Crippen LogP) is 2.86. The van der Waals surface area contributed by atoms with Gasteiger partial charge in [-0.25, -0.2) is 4.39 Å². The highest BCUT2D eigenvalue weighted by molar-refractivity contribution is 6.07. The molecule has 0 saturated carbocycles. The summed E-state index contributed by atoms with van der Waals surface area (Å²) < 4.78 is 18.8. The van der Waals surface area contributed by atoms with Crippen LogP contribution < -0.4 is 5.32 Å². The van der Waals surface area contributed by atoms with Gasteiger partial charge in [-0.05, 0) is 25.1 Å². The van der Waals surface area contributed by atoms with Crippen molar-refractivity contribution in [3.63, 3.8) is 0 Å². The second-order valence-corrected chi connectivity index (χ2v) is 4.12. The van der Waals surface area contributed by atoms with Gasteiger partial charge in [-0.1, -0.05) is 6.07 Å². The molecule has 0 aliphatic rings. The van der Waals surface area contributed by atoms with Gasteiger partial charge in [-0.3, -0.25) is 9.89 Å². The van der Waals surface area contributed by atoms with Gasteiger partial charge in [-0.2, -0.15) is 5.10 Å². The number of benzene rings is 1. The highest BCUT2D eigenvalue weighted by atomic mass is 19.1. The third-order valence-electron chi connectivity index (χ3n) is 2.84. The summed E-state index contributed by atoms with van der Waals surface area (Å²) in [5.74, 6) is -0.571. The molecule has 0 fully saturated rings. The average molecular weight is 259 g/mol. The molecule has 0 saturated heterocycles.